The Morgan fingerprint density at radius 1 is 1.15 bits per heavy atom. The minimum absolute atomic E-state index is 0.0158. The van der Waals surface area contributed by atoms with Crippen molar-refractivity contribution < 1.29 is 18.8 Å². The van der Waals surface area contributed by atoms with Crippen LogP contribution >= 0.6 is 11.8 Å². The summed E-state index contributed by atoms with van der Waals surface area (Å²) >= 11 is 1.43. The normalized spacial score (nSPS) is 16.1. The maximum Gasteiger partial charge on any atom is 0.331 e. The lowest BCUT2D eigenvalue weighted by Crippen LogP contribution is -2.54. The lowest BCUT2D eigenvalue weighted by Gasteiger charge is -2.24. The molecule has 0 saturated carbocycles. The summed E-state index contributed by atoms with van der Waals surface area (Å²) < 4.78 is 5.67. The van der Waals surface area contributed by atoms with Gasteiger partial charge in [0.15, 0.2) is 5.09 Å². The number of carbonyl (C=O) groups excluding carboxylic acids is 3. The van der Waals surface area contributed by atoms with Crippen molar-refractivity contribution in [1.29, 1.82) is 0 Å². The second-order valence-corrected chi connectivity index (χ2v) is 6.67. The van der Waals surface area contributed by atoms with E-state index in [9.17, 15) is 14.4 Å². The summed E-state index contributed by atoms with van der Waals surface area (Å²) in [7, 11) is 0. The molecule has 3 rings (SSSR count). The van der Waals surface area contributed by atoms with Gasteiger partial charge in [-0.3, -0.25) is 19.8 Å². The molecule has 6 nitrogen and oxygen atoms in total. The first-order chi connectivity index (χ1) is 12.5. The molecule has 132 valence electrons. The number of aryl methyl sites for hydroxylation is 1. The molecule has 0 unspecified atom stereocenters. The maximum atomic E-state index is 12.4. The lowest BCUT2D eigenvalue weighted by molar-refractivity contribution is -0.129. The van der Waals surface area contributed by atoms with E-state index in [2.05, 4.69) is 11.9 Å². The molecule has 1 saturated heterocycles. The average Bonchev–Trinajstić information content (AvgIpc) is 3.04. The van der Waals surface area contributed by atoms with Crippen molar-refractivity contribution in [3.05, 3.63) is 65.9 Å². The molecule has 4 amide bonds. The number of hydrogen-bond acceptors (Lipinski definition) is 5. The van der Waals surface area contributed by atoms with Crippen LogP contribution in [0.15, 0.2) is 69.0 Å². The van der Waals surface area contributed by atoms with Gasteiger partial charge in [0.05, 0.1) is 0 Å². The molecule has 26 heavy (non-hydrogen) atoms. The molecule has 0 radical (unpaired) electrons. The van der Waals surface area contributed by atoms with E-state index in [1.165, 1.54) is 29.5 Å². The van der Waals surface area contributed by atoms with Crippen molar-refractivity contribution in [1.82, 2.24) is 10.2 Å². The first-order valence-electron chi connectivity index (χ1n) is 7.82. The zero-order chi connectivity index (χ0) is 18.7. The Bertz CT molecular complexity index is 912. The monoisotopic (exact) mass is 368 g/mol. The molecular weight excluding hydrogens is 352 g/mol. The van der Waals surface area contributed by atoms with Gasteiger partial charge in [0, 0.05) is 11.4 Å². The maximum absolute atomic E-state index is 12.4. The highest BCUT2D eigenvalue weighted by atomic mass is 32.2. The molecular formula is C19H16N2O4S. The van der Waals surface area contributed by atoms with Gasteiger partial charge in [-0.1, -0.05) is 35.5 Å². The summed E-state index contributed by atoms with van der Waals surface area (Å²) in [4.78, 5) is 38.0. The van der Waals surface area contributed by atoms with Gasteiger partial charge in [0.25, 0.3) is 11.8 Å². The molecule has 1 aliphatic rings. The number of hydrogen-bond donors (Lipinski definition) is 1. The fraction of sp³-hybridized carbons (Fsp3) is 0.105. The Kier molecular flexibility index (Phi) is 5.09. The second-order valence-electron chi connectivity index (χ2n) is 5.59. The van der Waals surface area contributed by atoms with Gasteiger partial charge in [-0.05, 0) is 37.3 Å². The van der Waals surface area contributed by atoms with E-state index in [0.717, 1.165) is 9.80 Å². The van der Waals surface area contributed by atoms with Crippen molar-refractivity contribution in [2.24, 2.45) is 0 Å². The lowest BCUT2D eigenvalue weighted by atomic mass is 10.1. The fourth-order valence-electron chi connectivity index (χ4n) is 2.32. The number of furan rings is 1. The number of benzene rings is 1. The predicted octanol–water partition coefficient (Wildman–Crippen LogP) is 3.39. The highest BCUT2D eigenvalue weighted by Gasteiger charge is 2.35. The highest BCUT2D eigenvalue weighted by Crippen LogP contribution is 2.30. The van der Waals surface area contributed by atoms with Gasteiger partial charge >= 0.3 is 6.03 Å². The molecule has 0 aliphatic carbocycles. The van der Waals surface area contributed by atoms with Crippen molar-refractivity contribution in [3.63, 3.8) is 0 Å². The van der Waals surface area contributed by atoms with Gasteiger partial charge < -0.3 is 4.42 Å². The molecule has 1 N–H and O–H groups in total. The van der Waals surface area contributed by atoms with Crippen LogP contribution in [0.5, 0.6) is 0 Å². The minimum atomic E-state index is -0.757. The van der Waals surface area contributed by atoms with Crippen LogP contribution in [0.3, 0.4) is 0 Å². The third kappa shape index (κ3) is 3.78. The van der Waals surface area contributed by atoms with Gasteiger partial charge in [0.1, 0.15) is 11.3 Å². The number of barbiturate groups is 1. The third-order valence-electron chi connectivity index (χ3n) is 3.63. The van der Waals surface area contributed by atoms with Crippen LogP contribution in [0.4, 0.5) is 4.79 Å². The molecule has 7 heteroatoms. The topological polar surface area (TPSA) is 79.6 Å². The summed E-state index contributed by atoms with van der Waals surface area (Å²) in [5.74, 6) is -1.07. The molecule has 0 spiro atoms. The smallest absolute Gasteiger partial charge is 0.331 e. The van der Waals surface area contributed by atoms with Crippen LogP contribution in [0, 0.1) is 6.92 Å². The van der Waals surface area contributed by atoms with E-state index in [1.54, 1.807) is 12.1 Å². The number of rotatable bonds is 5. The summed E-state index contributed by atoms with van der Waals surface area (Å²) in [6.45, 7) is 5.53. The number of nitrogens with one attached hydrogen (secondary N) is 1. The van der Waals surface area contributed by atoms with Crippen molar-refractivity contribution in [2.45, 2.75) is 16.9 Å². The fourth-order valence-corrected chi connectivity index (χ4v) is 3.10. The Balaban J connectivity index is 1.80. The Labute approximate surface area is 154 Å². The average molecular weight is 368 g/mol. The Morgan fingerprint density at radius 2 is 1.88 bits per heavy atom. The van der Waals surface area contributed by atoms with E-state index < -0.39 is 17.8 Å². The molecule has 1 fully saturated rings. The number of imide groups is 2. The number of carbonyl (C=O) groups is 3. The van der Waals surface area contributed by atoms with Crippen molar-refractivity contribution >= 4 is 35.7 Å². The Hall–Kier alpha value is -3.06. The van der Waals surface area contributed by atoms with Crippen molar-refractivity contribution in [3.8, 4) is 0 Å². The van der Waals surface area contributed by atoms with Crippen LogP contribution in [-0.4, -0.2) is 29.3 Å². The summed E-state index contributed by atoms with van der Waals surface area (Å²) in [6, 6.07) is 10.6. The third-order valence-corrected chi connectivity index (χ3v) is 4.55. The SMILES string of the molecule is C=CCN1C(=O)NC(=O)/C(=C/c2ccc(Sc3ccc(C)cc3)o2)C1=O. The van der Waals surface area contributed by atoms with Gasteiger partial charge in [0.2, 0.25) is 0 Å². The molecule has 1 aromatic carbocycles. The molecule has 2 aromatic rings. The zero-order valence-corrected chi connectivity index (χ0v) is 14.8. The van der Waals surface area contributed by atoms with Gasteiger partial charge in [-0.25, -0.2) is 4.79 Å². The first kappa shape index (κ1) is 17.8. The van der Waals surface area contributed by atoms with Crippen LogP contribution in [0.2, 0.25) is 0 Å². The molecule has 1 aliphatic heterocycles. The molecule has 2 heterocycles. The van der Waals surface area contributed by atoms with E-state index in [4.69, 9.17) is 4.42 Å². The summed E-state index contributed by atoms with van der Waals surface area (Å²) in [5, 5.41) is 2.76. The van der Waals surface area contributed by atoms with Crippen molar-refractivity contribution in [2.75, 3.05) is 6.54 Å². The van der Waals surface area contributed by atoms with Crippen LogP contribution in [-0.2, 0) is 9.59 Å². The second kappa shape index (κ2) is 7.45. The summed E-state index contributed by atoms with van der Waals surface area (Å²) in [5.41, 5.74) is 1.01. The zero-order valence-electron chi connectivity index (χ0n) is 14.0. The van der Waals surface area contributed by atoms with E-state index in [1.807, 2.05) is 31.2 Å². The number of amides is 4. The van der Waals surface area contributed by atoms with Crippen LogP contribution < -0.4 is 5.32 Å². The first-order valence-corrected chi connectivity index (χ1v) is 8.63. The Morgan fingerprint density at radius 3 is 2.58 bits per heavy atom. The van der Waals surface area contributed by atoms with E-state index in [-0.39, 0.29) is 12.1 Å². The summed E-state index contributed by atoms with van der Waals surface area (Å²) in [6.07, 6.45) is 2.74. The number of urea groups is 1. The minimum Gasteiger partial charge on any atom is -0.450 e. The van der Waals surface area contributed by atoms with Gasteiger partial charge in [-0.15, -0.1) is 6.58 Å². The molecule has 0 bridgehead atoms. The van der Waals surface area contributed by atoms with Crippen LogP contribution in [0.25, 0.3) is 6.08 Å². The largest absolute Gasteiger partial charge is 0.450 e. The van der Waals surface area contributed by atoms with E-state index in [0.29, 0.717) is 10.9 Å². The standard InChI is InChI=1S/C19H16N2O4S/c1-3-10-21-18(23)15(17(22)20-19(21)24)11-13-6-9-16(25-13)26-14-7-4-12(2)5-8-14/h3-9,11H,1,10H2,2H3,(H,20,22,24)/b15-11-. The van der Waals surface area contributed by atoms with E-state index >= 15 is 0 Å². The predicted molar refractivity (Wildman–Crippen MR) is 97.4 cm³/mol. The quantitative estimate of drug-likeness (QED) is 0.497. The number of nitrogens with zero attached hydrogens (tertiary/aromatic N) is 1. The van der Waals surface area contributed by atoms with Gasteiger partial charge in [-0.2, -0.15) is 0 Å². The highest BCUT2D eigenvalue weighted by molar-refractivity contribution is 7.99. The molecule has 1 aromatic heterocycles. The molecule has 0 atom stereocenters. The van der Waals surface area contributed by atoms with Crippen LogP contribution in [0.1, 0.15) is 11.3 Å².